The van der Waals surface area contributed by atoms with E-state index in [0.717, 1.165) is 0 Å². The number of hydrogen-bond acceptors (Lipinski definition) is 0. The Morgan fingerprint density at radius 1 is 0.462 bits per heavy atom. The van der Waals surface area contributed by atoms with Crippen LogP contribution in [-0.2, 0) is 0 Å². The van der Waals surface area contributed by atoms with Gasteiger partial charge in [-0.05, 0) is 25.7 Å². The first-order valence-corrected chi connectivity index (χ1v) is 5.48. The van der Waals surface area contributed by atoms with Crippen molar-refractivity contribution in [3.05, 3.63) is 36.5 Å². The minimum Gasteiger partial charge on any atom is -0.0845 e. The number of rotatable bonds is 0. The highest BCUT2D eigenvalue weighted by Crippen LogP contribution is 2.08. The highest BCUT2D eigenvalue weighted by atomic mass is 13.9. The molecular formula is C13H20. The smallest absolute Gasteiger partial charge is 0.0348 e. The maximum Gasteiger partial charge on any atom is -0.0348 e. The van der Waals surface area contributed by atoms with Crippen LogP contribution in [0.4, 0.5) is 0 Å². The third-order valence-electron chi connectivity index (χ3n) is 2.35. The normalized spacial score (nSPS) is 22.8. The molecule has 0 fully saturated rings. The lowest BCUT2D eigenvalue weighted by molar-refractivity contribution is 0.622. The van der Waals surface area contributed by atoms with Crippen molar-refractivity contribution in [2.45, 2.75) is 44.9 Å². The predicted octanol–water partition coefficient (Wildman–Crippen LogP) is 4.40. The fourth-order valence-electron chi connectivity index (χ4n) is 1.53. The summed E-state index contributed by atoms with van der Waals surface area (Å²) in [5, 5.41) is 0. The summed E-state index contributed by atoms with van der Waals surface area (Å²) < 4.78 is 0. The van der Waals surface area contributed by atoms with Crippen molar-refractivity contribution < 1.29 is 0 Å². The molecule has 13 heavy (non-hydrogen) atoms. The second-order valence-corrected chi connectivity index (χ2v) is 3.59. The van der Waals surface area contributed by atoms with Crippen LogP contribution in [0.25, 0.3) is 0 Å². The van der Waals surface area contributed by atoms with Crippen molar-refractivity contribution in [2.24, 2.45) is 0 Å². The molecule has 0 bridgehead atoms. The van der Waals surface area contributed by atoms with Gasteiger partial charge in [0.15, 0.2) is 0 Å². The molecule has 0 aliphatic heterocycles. The maximum atomic E-state index is 2.27. The average Bonchev–Trinajstić information content (AvgIpc) is 2.18. The molecule has 0 atom stereocenters. The Bertz CT molecular complexity index is 164. The van der Waals surface area contributed by atoms with Gasteiger partial charge in [-0.25, -0.2) is 0 Å². The Morgan fingerprint density at radius 3 is 1.46 bits per heavy atom. The lowest BCUT2D eigenvalue weighted by Crippen LogP contribution is -1.77. The summed E-state index contributed by atoms with van der Waals surface area (Å²) in [5.41, 5.74) is 0. The summed E-state index contributed by atoms with van der Waals surface area (Å²) >= 11 is 0. The summed E-state index contributed by atoms with van der Waals surface area (Å²) in [6.45, 7) is 0. The van der Waals surface area contributed by atoms with E-state index in [1.165, 1.54) is 44.9 Å². The van der Waals surface area contributed by atoms with Gasteiger partial charge in [0.25, 0.3) is 0 Å². The van der Waals surface area contributed by atoms with E-state index >= 15 is 0 Å². The topological polar surface area (TPSA) is 0 Å². The van der Waals surface area contributed by atoms with Gasteiger partial charge in [0.1, 0.15) is 0 Å². The highest BCUT2D eigenvalue weighted by molar-refractivity contribution is 5.10. The molecule has 0 saturated heterocycles. The van der Waals surface area contributed by atoms with Gasteiger partial charge in [0, 0.05) is 0 Å². The molecule has 0 aromatic rings. The molecule has 0 unspecified atom stereocenters. The first kappa shape index (κ1) is 10.3. The lowest BCUT2D eigenvalue weighted by atomic mass is 10.1. The molecule has 0 nitrogen and oxygen atoms in total. The molecule has 0 spiro atoms. The van der Waals surface area contributed by atoms with Gasteiger partial charge < -0.3 is 0 Å². The Labute approximate surface area is 82.0 Å². The van der Waals surface area contributed by atoms with Crippen molar-refractivity contribution in [3.63, 3.8) is 0 Å². The number of allylic oxidation sites excluding steroid dienone is 6. The third-order valence-corrected chi connectivity index (χ3v) is 2.35. The minimum absolute atomic E-state index is 1.24. The van der Waals surface area contributed by atoms with Gasteiger partial charge >= 0.3 is 0 Å². The molecule has 1 rings (SSSR count). The molecule has 0 saturated carbocycles. The van der Waals surface area contributed by atoms with Crippen molar-refractivity contribution in [3.8, 4) is 0 Å². The van der Waals surface area contributed by atoms with E-state index in [2.05, 4.69) is 36.5 Å². The van der Waals surface area contributed by atoms with Crippen molar-refractivity contribution in [2.75, 3.05) is 0 Å². The zero-order valence-electron chi connectivity index (χ0n) is 8.41. The SMILES string of the molecule is C1=CCCCCCCCC=C/C=C\1. The predicted molar refractivity (Wildman–Crippen MR) is 59.7 cm³/mol. The Morgan fingerprint density at radius 2 is 0.923 bits per heavy atom. The van der Waals surface area contributed by atoms with E-state index in [1.54, 1.807) is 0 Å². The van der Waals surface area contributed by atoms with E-state index in [1.807, 2.05) is 0 Å². The quantitative estimate of drug-likeness (QED) is 0.513. The molecule has 1 aliphatic rings. The fraction of sp³-hybridized carbons (Fsp3) is 0.538. The maximum absolute atomic E-state index is 2.27. The van der Waals surface area contributed by atoms with Crippen molar-refractivity contribution in [1.29, 1.82) is 0 Å². The molecule has 1 aliphatic carbocycles. The Hall–Kier alpha value is -0.780. The molecule has 0 heteroatoms. The third kappa shape index (κ3) is 6.39. The van der Waals surface area contributed by atoms with Crippen LogP contribution < -0.4 is 0 Å². The van der Waals surface area contributed by atoms with E-state index in [0.29, 0.717) is 0 Å². The minimum atomic E-state index is 1.24. The van der Waals surface area contributed by atoms with Gasteiger partial charge in [0.2, 0.25) is 0 Å². The largest absolute Gasteiger partial charge is 0.0845 e. The molecule has 0 aromatic heterocycles. The van der Waals surface area contributed by atoms with Crippen LogP contribution in [0.3, 0.4) is 0 Å². The number of hydrogen-bond donors (Lipinski definition) is 0. The summed E-state index contributed by atoms with van der Waals surface area (Å²) in [7, 11) is 0. The van der Waals surface area contributed by atoms with E-state index in [-0.39, 0.29) is 0 Å². The summed E-state index contributed by atoms with van der Waals surface area (Å²) in [4.78, 5) is 0. The molecule has 72 valence electrons. The molecule has 0 N–H and O–H groups in total. The van der Waals surface area contributed by atoms with Gasteiger partial charge in [-0.1, -0.05) is 55.7 Å². The molecule has 0 amide bonds. The zero-order valence-corrected chi connectivity index (χ0v) is 8.41. The van der Waals surface area contributed by atoms with Crippen LogP contribution >= 0.6 is 0 Å². The summed E-state index contributed by atoms with van der Waals surface area (Å²) in [5.74, 6) is 0. The molecule has 0 radical (unpaired) electrons. The highest BCUT2D eigenvalue weighted by Gasteiger charge is 1.88. The lowest BCUT2D eigenvalue weighted by Gasteiger charge is -1.97. The first-order valence-electron chi connectivity index (χ1n) is 5.48. The van der Waals surface area contributed by atoms with Crippen LogP contribution in [0, 0.1) is 0 Å². The monoisotopic (exact) mass is 176 g/mol. The van der Waals surface area contributed by atoms with Gasteiger partial charge in [-0.15, -0.1) is 0 Å². The Balaban J connectivity index is 2.29. The summed E-state index contributed by atoms with van der Waals surface area (Å²) in [6, 6.07) is 0. The van der Waals surface area contributed by atoms with Gasteiger partial charge in [-0.2, -0.15) is 0 Å². The second kappa shape index (κ2) is 7.85. The summed E-state index contributed by atoms with van der Waals surface area (Å²) in [6.07, 6.45) is 22.5. The standard InChI is InChI=1S/C13H20/c1-2-4-6-8-10-12-13-11-9-7-5-3-1/h1-6H,7-13H2/b2-1-,5-3?,6-4?. The van der Waals surface area contributed by atoms with E-state index in [9.17, 15) is 0 Å². The van der Waals surface area contributed by atoms with Crippen LogP contribution in [-0.4, -0.2) is 0 Å². The first-order chi connectivity index (χ1) is 6.50. The van der Waals surface area contributed by atoms with Crippen LogP contribution in [0.5, 0.6) is 0 Å². The Kier molecular flexibility index (Phi) is 6.22. The van der Waals surface area contributed by atoms with E-state index in [4.69, 9.17) is 0 Å². The van der Waals surface area contributed by atoms with Crippen molar-refractivity contribution in [1.82, 2.24) is 0 Å². The van der Waals surface area contributed by atoms with Crippen LogP contribution in [0.15, 0.2) is 36.5 Å². The molecule has 0 aromatic carbocycles. The van der Waals surface area contributed by atoms with E-state index < -0.39 is 0 Å². The average molecular weight is 176 g/mol. The van der Waals surface area contributed by atoms with Gasteiger partial charge in [0.05, 0.1) is 0 Å². The molecular weight excluding hydrogens is 156 g/mol. The van der Waals surface area contributed by atoms with Crippen LogP contribution in [0.1, 0.15) is 44.9 Å². The fourth-order valence-corrected chi connectivity index (χ4v) is 1.53. The molecule has 0 heterocycles. The van der Waals surface area contributed by atoms with Crippen molar-refractivity contribution >= 4 is 0 Å². The zero-order chi connectivity index (χ0) is 9.19. The van der Waals surface area contributed by atoms with Gasteiger partial charge in [-0.3, -0.25) is 0 Å². The van der Waals surface area contributed by atoms with Crippen LogP contribution in [0.2, 0.25) is 0 Å². The second-order valence-electron chi connectivity index (χ2n) is 3.59.